The molecule has 1 N–H and O–H groups in total. The van der Waals surface area contributed by atoms with E-state index in [1.807, 2.05) is 36.6 Å². The van der Waals surface area contributed by atoms with Crippen LogP contribution in [0.3, 0.4) is 0 Å². The molecule has 5 heteroatoms. The molecule has 0 aliphatic carbocycles. The minimum absolute atomic E-state index is 0.0830. The molecule has 1 fully saturated rings. The van der Waals surface area contributed by atoms with Gasteiger partial charge in [0.05, 0.1) is 10.6 Å². The van der Waals surface area contributed by atoms with Gasteiger partial charge in [-0.25, -0.2) is 4.99 Å². The van der Waals surface area contributed by atoms with E-state index >= 15 is 0 Å². The van der Waals surface area contributed by atoms with Crippen molar-refractivity contribution in [3.05, 3.63) is 56.1 Å². The molecule has 1 aliphatic rings. The summed E-state index contributed by atoms with van der Waals surface area (Å²) in [6.07, 6.45) is 1.93. The van der Waals surface area contributed by atoms with Crippen LogP contribution in [0.4, 0.5) is 5.69 Å². The van der Waals surface area contributed by atoms with Gasteiger partial charge in [0.15, 0.2) is 5.17 Å². The van der Waals surface area contributed by atoms with Gasteiger partial charge in [-0.1, -0.05) is 6.07 Å². The zero-order valence-corrected chi connectivity index (χ0v) is 14.3. The van der Waals surface area contributed by atoms with Crippen molar-refractivity contribution in [3.8, 4) is 0 Å². The molecule has 3 rings (SSSR count). The highest BCUT2D eigenvalue weighted by Gasteiger charge is 2.24. The Hall–Kier alpha value is -1.85. The predicted molar refractivity (Wildman–Crippen MR) is 95.8 cm³/mol. The van der Waals surface area contributed by atoms with Crippen molar-refractivity contribution in [1.29, 1.82) is 0 Å². The van der Waals surface area contributed by atoms with E-state index in [1.54, 1.807) is 11.3 Å². The molecule has 22 heavy (non-hydrogen) atoms. The summed E-state index contributed by atoms with van der Waals surface area (Å²) >= 11 is 3.03. The van der Waals surface area contributed by atoms with Crippen LogP contribution in [0, 0.1) is 20.8 Å². The summed E-state index contributed by atoms with van der Waals surface area (Å²) < 4.78 is 0. The molecule has 0 saturated carbocycles. The smallest absolute Gasteiger partial charge is 0.264 e. The molecule has 1 saturated heterocycles. The Morgan fingerprint density at radius 2 is 1.91 bits per heavy atom. The van der Waals surface area contributed by atoms with Gasteiger partial charge in [-0.3, -0.25) is 4.79 Å². The molecule has 1 aromatic carbocycles. The van der Waals surface area contributed by atoms with E-state index in [1.165, 1.54) is 28.5 Å². The molecule has 1 aliphatic heterocycles. The van der Waals surface area contributed by atoms with Crippen LogP contribution in [0.25, 0.3) is 6.08 Å². The zero-order valence-electron chi connectivity index (χ0n) is 12.6. The summed E-state index contributed by atoms with van der Waals surface area (Å²) in [6, 6.07) is 8.09. The van der Waals surface area contributed by atoms with Crippen molar-refractivity contribution in [2.45, 2.75) is 20.8 Å². The summed E-state index contributed by atoms with van der Waals surface area (Å²) in [6.45, 7) is 6.18. The van der Waals surface area contributed by atoms with Crippen LogP contribution < -0.4 is 5.32 Å². The number of nitrogens with one attached hydrogen (secondary N) is 1. The van der Waals surface area contributed by atoms with Crippen LogP contribution in [0.1, 0.15) is 21.6 Å². The fraction of sp³-hybridized carbons (Fsp3) is 0.176. The van der Waals surface area contributed by atoms with Crippen molar-refractivity contribution in [1.82, 2.24) is 5.32 Å². The van der Waals surface area contributed by atoms with E-state index in [0.29, 0.717) is 10.1 Å². The monoisotopic (exact) mass is 328 g/mol. The lowest BCUT2D eigenvalue weighted by Gasteiger charge is -2.01. The van der Waals surface area contributed by atoms with Gasteiger partial charge < -0.3 is 5.32 Å². The summed E-state index contributed by atoms with van der Waals surface area (Å²) in [4.78, 5) is 18.4. The lowest BCUT2D eigenvalue weighted by atomic mass is 10.1. The van der Waals surface area contributed by atoms with Crippen molar-refractivity contribution in [3.63, 3.8) is 0 Å². The first-order valence-corrected chi connectivity index (χ1v) is 8.63. The Kier molecular flexibility index (Phi) is 4.18. The quantitative estimate of drug-likeness (QED) is 0.821. The number of benzene rings is 1. The third-order valence-corrected chi connectivity index (χ3v) is 5.41. The van der Waals surface area contributed by atoms with Gasteiger partial charge >= 0.3 is 0 Å². The molecule has 0 bridgehead atoms. The van der Waals surface area contributed by atoms with E-state index in [2.05, 4.69) is 30.2 Å². The Balaban J connectivity index is 1.85. The maximum Gasteiger partial charge on any atom is 0.264 e. The van der Waals surface area contributed by atoms with E-state index in [4.69, 9.17) is 0 Å². The molecule has 2 aromatic rings. The first kappa shape index (κ1) is 15.1. The standard InChI is InChI=1S/C17H16N2OS2/c1-10-4-5-13(8-12(10)3)18-17-19-16(20)15(22-17)9-14-11(2)6-7-21-14/h4-9H,1-3H3,(H,18,19,20)/b15-9-. The molecule has 3 nitrogen and oxygen atoms in total. The maximum atomic E-state index is 12.1. The largest absolute Gasteiger partial charge is 0.300 e. The van der Waals surface area contributed by atoms with E-state index in [-0.39, 0.29) is 5.91 Å². The third kappa shape index (κ3) is 3.15. The molecule has 2 heterocycles. The predicted octanol–water partition coefficient (Wildman–Crippen LogP) is 4.56. The highest BCUT2D eigenvalue weighted by atomic mass is 32.2. The fourth-order valence-corrected chi connectivity index (χ4v) is 3.80. The summed E-state index contributed by atoms with van der Waals surface area (Å²) in [5.41, 5.74) is 4.48. The Morgan fingerprint density at radius 1 is 1.09 bits per heavy atom. The van der Waals surface area contributed by atoms with Crippen LogP contribution in [0.2, 0.25) is 0 Å². The van der Waals surface area contributed by atoms with Gasteiger partial charge in [-0.05, 0) is 78.9 Å². The summed E-state index contributed by atoms with van der Waals surface area (Å²) in [7, 11) is 0. The number of aliphatic imine (C=N–C) groups is 1. The van der Waals surface area contributed by atoms with Crippen LogP contribution in [0.15, 0.2) is 39.5 Å². The number of amidine groups is 1. The minimum atomic E-state index is -0.0830. The molecular formula is C17H16N2OS2. The third-order valence-electron chi connectivity index (χ3n) is 3.54. The number of hydrogen-bond donors (Lipinski definition) is 1. The van der Waals surface area contributed by atoms with Crippen molar-refractivity contribution >= 4 is 45.9 Å². The van der Waals surface area contributed by atoms with Crippen LogP contribution in [-0.4, -0.2) is 11.1 Å². The van der Waals surface area contributed by atoms with Crippen LogP contribution in [0.5, 0.6) is 0 Å². The van der Waals surface area contributed by atoms with Gasteiger partial charge in [-0.15, -0.1) is 11.3 Å². The van der Waals surface area contributed by atoms with Crippen LogP contribution >= 0.6 is 23.1 Å². The Morgan fingerprint density at radius 3 is 2.59 bits per heavy atom. The number of aryl methyl sites for hydroxylation is 3. The van der Waals surface area contributed by atoms with E-state index < -0.39 is 0 Å². The SMILES string of the molecule is Cc1ccc(N=C2NC(=O)/C(=C/c3sccc3C)S2)cc1C. The van der Waals surface area contributed by atoms with Crippen molar-refractivity contribution < 1.29 is 4.79 Å². The summed E-state index contributed by atoms with van der Waals surface area (Å²) in [5, 5.41) is 5.49. The second-order valence-corrected chi connectivity index (χ2v) is 7.20. The lowest BCUT2D eigenvalue weighted by Crippen LogP contribution is -2.19. The summed E-state index contributed by atoms with van der Waals surface area (Å²) in [5.74, 6) is -0.0830. The van der Waals surface area contributed by atoms with Crippen LogP contribution in [-0.2, 0) is 4.79 Å². The van der Waals surface area contributed by atoms with Gasteiger partial charge in [-0.2, -0.15) is 0 Å². The zero-order chi connectivity index (χ0) is 15.7. The normalized spacial score (nSPS) is 18.2. The van der Waals surface area contributed by atoms with Gasteiger partial charge in [0.2, 0.25) is 0 Å². The molecule has 0 radical (unpaired) electrons. The molecule has 0 spiro atoms. The highest BCUT2D eigenvalue weighted by Crippen LogP contribution is 2.30. The number of nitrogens with zero attached hydrogens (tertiary/aromatic N) is 1. The molecule has 1 amide bonds. The number of thiophene rings is 1. The number of thioether (sulfide) groups is 1. The van der Waals surface area contributed by atoms with E-state index in [9.17, 15) is 4.79 Å². The number of carbonyl (C=O) groups excluding carboxylic acids is 1. The van der Waals surface area contributed by atoms with Crippen molar-refractivity contribution in [2.75, 3.05) is 0 Å². The number of carbonyl (C=O) groups is 1. The maximum absolute atomic E-state index is 12.1. The van der Waals surface area contributed by atoms with Gasteiger partial charge in [0.1, 0.15) is 0 Å². The molecule has 112 valence electrons. The molecule has 1 aromatic heterocycles. The molecule has 0 unspecified atom stereocenters. The molecular weight excluding hydrogens is 312 g/mol. The first-order valence-electron chi connectivity index (χ1n) is 6.94. The number of amides is 1. The average Bonchev–Trinajstić information content (AvgIpc) is 3.02. The second kappa shape index (κ2) is 6.10. The Bertz CT molecular complexity index is 803. The number of rotatable bonds is 2. The topological polar surface area (TPSA) is 41.5 Å². The highest BCUT2D eigenvalue weighted by molar-refractivity contribution is 8.18. The minimum Gasteiger partial charge on any atom is -0.300 e. The molecule has 0 atom stereocenters. The lowest BCUT2D eigenvalue weighted by molar-refractivity contribution is -0.115. The van der Waals surface area contributed by atoms with Crippen molar-refractivity contribution in [2.24, 2.45) is 4.99 Å². The fourth-order valence-electron chi connectivity index (χ4n) is 2.04. The average molecular weight is 328 g/mol. The van der Waals surface area contributed by atoms with Gasteiger partial charge in [0, 0.05) is 4.88 Å². The van der Waals surface area contributed by atoms with Gasteiger partial charge in [0.25, 0.3) is 5.91 Å². The Labute approximate surface area is 138 Å². The van der Waals surface area contributed by atoms with E-state index in [0.717, 1.165) is 10.6 Å². The number of hydrogen-bond acceptors (Lipinski definition) is 4. The second-order valence-electron chi connectivity index (χ2n) is 5.22. The first-order chi connectivity index (χ1) is 10.5.